The van der Waals surface area contributed by atoms with Crippen molar-refractivity contribution in [3.05, 3.63) is 82.3 Å². The summed E-state index contributed by atoms with van der Waals surface area (Å²) in [7, 11) is -2.48. The van der Waals surface area contributed by atoms with E-state index in [1.54, 1.807) is 25.3 Å². The summed E-state index contributed by atoms with van der Waals surface area (Å²) in [6.07, 6.45) is 0. The fraction of sp³-hybridized carbons (Fsp3) is 0.0909. The second kappa shape index (κ2) is 9.20. The molecule has 32 heavy (non-hydrogen) atoms. The van der Waals surface area contributed by atoms with Crippen molar-refractivity contribution in [2.24, 2.45) is 0 Å². The molecule has 0 fully saturated rings. The predicted octanol–water partition coefficient (Wildman–Crippen LogP) is 5.36. The summed E-state index contributed by atoms with van der Waals surface area (Å²) >= 11 is 12.1. The Morgan fingerprint density at radius 3 is 2.22 bits per heavy atom. The molecule has 0 atom stereocenters. The molecule has 0 amide bonds. The average molecular weight is 489 g/mol. The summed E-state index contributed by atoms with van der Waals surface area (Å²) in [5, 5.41) is 3.45. The van der Waals surface area contributed by atoms with E-state index in [0.29, 0.717) is 17.6 Å². The first-order valence-electron chi connectivity index (χ1n) is 9.47. The van der Waals surface area contributed by atoms with Gasteiger partial charge in [-0.15, -0.1) is 0 Å². The third-order valence-corrected chi connectivity index (χ3v) is 6.66. The van der Waals surface area contributed by atoms with Crippen LogP contribution in [0.5, 0.6) is 5.75 Å². The summed E-state index contributed by atoms with van der Waals surface area (Å²) < 4.78 is 33.8. The maximum absolute atomic E-state index is 13.0. The Hall–Kier alpha value is -3.07. The summed E-state index contributed by atoms with van der Waals surface area (Å²) in [4.78, 5) is 8.87. The van der Waals surface area contributed by atoms with Gasteiger partial charge in [-0.25, -0.2) is 18.4 Å². The van der Waals surface area contributed by atoms with Crippen LogP contribution in [-0.4, -0.2) is 25.5 Å². The summed E-state index contributed by atoms with van der Waals surface area (Å²) in [5.74, 6) is 1.07. The highest BCUT2D eigenvalue weighted by Crippen LogP contribution is 2.29. The molecule has 0 aliphatic carbocycles. The first kappa shape index (κ1) is 22.1. The van der Waals surface area contributed by atoms with Crippen molar-refractivity contribution in [1.29, 1.82) is 0 Å². The molecule has 0 radical (unpaired) electrons. The van der Waals surface area contributed by atoms with Gasteiger partial charge in [0.2, 0.25) is 0 Å². The van der Waals surface area contributed by atoms with Crippen LogP contribution < -0.4 is 14.8 Å². The largest absolute Gasteiger partial charge is 0.497 e. The van der Waals surface area contributed by atoms with E-state index in [1.807, 2.05) is 30.3 Å². The van der Waals surface area contributed by atoms with E-state index >= 15 is 0 Å². The normalized spacial score (nSPS) is 11.3. The third kappa shape index (κ3) is 4.88. The number of sulfonamides is 1. The minimum atomic E-state index is -4.08. The van der Waals surface area contributed by atoms with Gasteiger partial charge in [-0.1, -0.05) is 47.5 Å². The molecule has 0 spiro atoms. The van der Waals surface area contributed by atoms with Crippen LogP contribution in [0.1, 0.15) is 5.56 Å². The average Bonchev–Trinajstić information content (AvgIpc) is 2.79. The first-order valence-corrected chi connectivity index (χ1v) is 11.7. The van der Waals surface area contributed by atoms with E-state index in [4.69, 9.17) is 27.9 Å². The van der Waals surface area contributed by atoms with Crippen molar-refractivity contribution >= 4 is 55.9 Å². The highest BCUT2D eigenvalue weighted by Gasteiger charge is 2.22. The van der Waals surface area contributed by atoms with Crippen molar-refractivity contribution < 1.29 is 13.2 Å². The van der Waals surface area contributed by atoms with E-state index in [2.05, 4.69) is 20.0 Å². The van der Waals surface area contributed by atoms with Crippen molar-refractivity contribution in [3.8, 4) is 5.75 Å². The Kier molecular flexibility index (Phi) is 6.36. The van der Waals surface area contributed by atoms with Crippen LogP contribution in [0.3, 0.4) is 0 Å². The van der Waals surface area contributed by atoms with Crippen LogP contribution in [0.4, 0.5) is 11.6 Å². The van der Waals surface area contributed by atoms with Gasteiger partial charge in [0.15, 0.2) is 11.6 Å². The number of benzene rings is 3. The second-order valence-corrected chi connectivity index (χ2v) is 9.29. The lowest BCUT2D eigenvalue weighted by molar-refractivity contribution is 0.414. The highest BCUT2D eigenvalue weighted by atomic mass is 35.5. The molecule has 3 aromatic carbocycles. The second-order valence-electron chi connectivity index (χ2n) is 6.79. The van der Waals surface area contributed by atoms with Gasteiger partial charge in [-0.05, 0) is 48.0 Å². The maximum Gasteiger partial charge on any atom is 0.264 e. The lowest BCUT2D eigenvalue weighted by atomic mass is 10.2. The lowest BCUT2D eigenvalue weighted by Gasteiger charge is -2.14. The molecule has 0 saturated carbocycles. The number of nitrogens with one attached hydrogen (secondary N) is 2. The Balaban J connectivity index is 1.69. The molecular weight excluding hydrogens is 471 g/mol. The Morgan fingerprint density at radius 2 is 1.56 bits per heavy atom. The molecule has 10 heteroatoms. The van der Waals surface area contributed by atoms with E-state index in [1.165, 1.54) is 18.2 Å². The standard InChI is InChI=1S/C22H18Cl2N4O3S/c1-31-16-9-6-14(7-10-16)13-25-21-22(27-19-5-3-2-4-18(19)26-21)28-32(29,30)20-12-15(23)8-11-17(20)24/h2-12H,13H2,1H3,(H,25,26)(H,27,28). The molecule has 0 unspecified atom stereocenters. The zero-order valence-corrected chi connectivity index (χ0v) is 19.2. The summed E-state index contributed by atoms with van der Waals surface area (Å²) in [5.41, 5.74) is 2.11. The van der Waals surface area contributed by atoms with Crippen LogP contribution in [0.15, 0.2) is 71.6 Å². The molecule has 164 valence electrons. The maximum atomic E-state index is 13.0. The molecule has 4 rings (SSSR count). The van der Waals surface area contributed by atoms with Gasteiger partial charge >= 0.3 is 0 Å². The predicted molar refractivity (Wildman–Crippen MR) is 127 cm³/mol. The van der Waals surface area contributed by atoms with Gasteiger partial charge in [0.1, 0.15) is 10.6 Å². The third-order valence-electron chi connectivity index (χ3n) is 4.60. The molecular formula is C22H18Cl2N4O3S. The number of rotatable bonds is 7. The number of aromatic nitrogens is 2. The number of hydrogen-bond acceptors (Lipinski definition) is 6. The van der Waals surface area contributed by atoms with Crippen LogP contribution in [-0.2, 0) is 16.6 Å². The SMILES string of the molecule is COc1ccc(CNc2nc3ccccc3nc2NS(=O)(=O)c2cc(Cl)ccc2Cl)cc1. The zero-order chi connectivity index (χ0) is 22.7. The molecule has 1 heterocycles. The highest BCUT2D eigenvalue weighted by molar-refractivity contribution is 7.92. The Labute approximate surface area is 195 Å². The molecule has 0 saturated heterocycles. The molecule has 0 aliphatic heterocycles. The quantitative estimate of drug-likeness (QED) is 0.363. The molecule has 0 aliphatic rings. The topological polar surface area (TPSA) is 93.2 Å². The van der Waals surface area contributed by atoms with Crippen LogP contribution in [0.25, 0.3) is 11.0 Å². The van der Waals surface area contributed by atoms with Gasteiger partial charge in [-0.3, -0.25) is 4.72 Å². The van der Waals surface area contributed by atoms with E-state index in [-0.39, 0.29) is 26.6 Å². The minimum absolute atomic E-state index is 0.0448. The van der Waals surface area contributed by atoms with E-state index < -0.39 is 10.0 Å². The number of ether oxygens (including phenoxy) is 1. The number of anilines is 2. The Morgan fingerprint density at radius 1 is 0.906 bits per heavy atom. The van der Waals surface area contributed by atoms with Gasteiger partial charge in [0.05, 0.1) is 23.2 Å². The summed E-state index contributed by atoms with van der Waals surface area (Å²) in [6.45, 7) is 0.393. The fourth-order valence-corrected chi connectivity index (χ4v) is 4.76. The lowest BCUT2D eigenvalue weighted by Crippen LogP contribution is -2.17. The van der Waals surface area contributed by atoms with Crippen molar-refractivity contribution in [2.45, 2.75) is 11.4 Å². The number of methoxy groups -OCH3 is 1. The smallest absolute Gasteiger partial charge is 0.264 e. The van der Waals surface area contributed by atoms with Gasteiger partial charge in [-0.2, -0.15) is 0 Å². The molecule has 2 N–H and O–H groups in total. The van der Waals surface area contributed by atoms with Crippen LogP contribution in [0, 0.1) is 0 Å². The number of halogens is 2. The van der Waals surface area contributed by atoms with Crippen molar-refractivity contribution in [3.63, 3.8) is 0 Å². The van der Waals surface area contributed by atoms with Crippen LogP contribution >= 0.6 is 23.2 Å². The molecule has 4 aromatic rings. The van der Waals surface area contributed by atoms with Crippen LogP contribution in [0.2, 0.25) is 10.0 Å². The molecule has 0 bridgehead atoms. The fourth-order valence-electron chi connectivity index (χ4n) is 2.99. The summed E-state index contributed by atoms with van der Waals surface area (Å²) in [6, 6.07) is 18.9. The van der Waals surface area contributed by atoms with Crippen molar-refractivity contribution in [2.75, 3.05) is 17.1 Å². The first-order chi connectivity index (χ1) is 15.4. The van der Waals surface area contributed by atoms with Gasteiger partial charge in [0.25, 0.3) is 10.0 Å². The number of hydrogen-bond donors (Lipinski definition) is 2. The molecule has 1 aromatic heterocycles. The zero-order valence-electron chi connectivity index (χ0n) is 16.8. The van der Waals surface area contributed by atoms with Crippen molar-refractivity contribution in [1.82, 2.24) is 9.97 Å². The van der Waals surface area contributed by atoms with Gasteiger partial charge in [0, 0.05) is 11.6 Å². The number of nitrogens with zero attached hydrogens (tertiary/aromatic N) is 2. The monoisotopic (exact) mass is 488 g/mol. The minimum Gasteiger partial charge on any atom is -0.497 e. The number of para-hydroxylation sites is 2. The van der Waals surface area contributed by atoms with E-state index in [9.17, 15) is 8.42 Å². The number of fused-ring (bicyclic) bond motifs is 1. The van der Waals surface area contributed by atoms with Gasteiger partial charge < -0.3 is 10.1 Å². The Bertz CT molecular complexity index is 1380. The molecule has 7 nitrogen and oxygen atoms in total. The van der Waals surface area contributed by atoms with E-state index in [0.717, 1.165) is 11.3 Å².